The highest BCUT2D eigenvalue weighted by Gasteiger charge is 2.23. The minimum Gasteiger partial charge on any atom is -0.494 e. The molecule has 4 aromatic rings. The average molecular weight is 423 g/mol. The Bertz CT molecular complexity index is 1250. The molecule has 5 rings (SSSR count). The normalized spacial score (nSPS) is 19.3. The number of nitrogens with zero attached hydrogens (tertiary/aromatic N) is 4. The number of halogens is 1. The molecule has 2 aromatic heterocycles. The molecule has 1 aliphatic heterocycles. The maximum absolute atomic E-state index is 15.2. The summed E-state index contributed by atoms with van der Waals surface area (Å²) < 4.78 is 22.4. The molecule has 9 heteroatoms. The lowest BCUT2D eigenvalue weighted by atomic mass is 10.1. The predicted molar refractivity (Wildman–Crippen MR) is 121 cm³/mol. The summed E-state index contributed by atoms with van der Waals surface area (Å²) in [6.07, 6.45) is 1.91. The molecule has 1 aliphatic rings. The zero-order chi connectivity index (χ0) is 21.7. The second-order valence-corrected chi connectivity index (χ2v) is 8.34. The Balaban J connectivity index is 1.50. The molecule has 2 atom stereocenters. The Labute approximate surface area is 179 Å². The van der Waals surface area contributed by atoms with Crippen molar-refractivity contribution in [3.8, 4) is 5.75 Å². The summed E-state index contributed by atoms with van der Waals surface area (Å²) >= 11 is 0. The SMILES string of the molecule is COc1cc(Nc2n[nH]c3cc(N4C[C@@H](C)N[C@@H](C)C4)cc(F)c23)cc2cn(C)nc12. The summed E-state index contributed by atoms with van der Waals surface area (Å²) in [6, 6.07) is 8.04. The number of nitrogens with one attached hydrogen (secondary N) is 3. The van der Waals surface area contributed by atoms with E-state index in [2.05, 4.69) is 44.7 Å². The molecule has 1 fully saturated rings. The van der Waals surface area contributed by atoms with Crippen molar-refractivity contribution in [3.63, 3.8) is 0 Å². The fourth-order valence-electron chi connectivity index (χ4n) is 4.49. The molecule has 0 radical (unpaired) electrons. The first-order valence-corrected chi connectivity index (χ1v) is 10.4. The second kappa shape index (κ2) is 7.42. The van der Waals surface area contributed by atoms with Gasteiger partial charge in [-0.1, -0.05) is 0 Å². The van der Waals surface area contributed by atoms with E-state index in [-0.39, 0.29) is 5.82 Å². The Kier molecular flexibility index (Phi) is 4.70. The van der Waals surface area contributed by atoms with Gasteiger partial charge < -0.3 is 20.3 Å². The first-order valence-electron chi connectivity index (χ1n) is 10.4. The van der Waals surface area contributed by atoms with Gasteiger partial charge in [0.05, 0.1) is 18.0 Å². The Morgan fingerprint density at radius 1 is 1.16 bits per heavy atom. The third-order valence-electron chi connectivity index (χ3n) is 5.69. The number of piperazine rings is 1. The topological polar surface area (TPSA) is 83.0 Å². The summed E-state index contributed by atoms with van der Waals surface area (Å²) in [4.78, 5) is 2.21. The molecule has 1 saturated heterocycles. The number of aromatic amines is 1. The van der Waals surface area contributed by atoms with Crippen molar-refractivity contribution in [1.29, 1.82) is 0 Å². The van der Waals surface area contributed by atoms with Crippen LogP contribution in [0.4, 0.5) is 21.6 Å². The first-order chi connectivity index (χ1) is 14.9. The molecule has 2 aromatic carbocycles. The van der Waals surface area contributed by atoms with Crippen LogP contribution >= 0.6 is 0 Å². The first kappa shape index (κ1) is 19.6. The molecule has 31 heavy (non-hydrogen) atoms. The largest absolute Gasteiger partial charge is 0.494 e. The maximum Gasteiger partial charge on any atom is 0.163 e. The molecular weight excluding hydrogens is 397 g/mol. The van der Waals surface area contributed by atoms with Crippen LogP contribution in [0.15, 0.2) is 30.5 Å². The smallest absolute Gasteiger partial charge is 0.163 e. The zero-order valence-corrected chi connectivity index (χ0v) is 18.0. The zero-order valence-electron chi connectivity index (χ0n) is 18.0. The number of fused-ring (bicyclic) bond motifs is 2. The Morgan fingerprint density at radius 3 is 2.68 bits per heavy atom. The lowest BCUT2D eigenvalue weighted by molar-refractivity contribution is 0.407. The lowest BCUT2D eigenvalue weighted by Crippen LogP contribution is -2.54. The average Bonchev–Trinajstić information content (AvgIpc) is 3.29. The molecule has 0 saturated carbocycles. The van der Waals surface area contributed by atoms with E-state index >= 15 is 4.39 Å². The highest BCUT2D eigenvalue weighted by atomic mass is 19.1. The lowest BCUT2D eigenvalue weighted by Gasteiger charge is -2.37. The Hall–Kier alpha value is -3.33. The Morgan fingerprint density at radius 2 is 1.94 bits per heavy atom. The van der Waals surface area contributed by atoms with E-state index in [0.717, 1.165) is 35.4 Å². The summed E-state index contributed by atoms with van der Waals surface area (Å²) in [5, 5.41) is 19.8. The van der Waals surface area contributed by atoms with Crippen molar-refractivity contribution < 1.29 is 9.13 Å². The number of hydrogen-bond donors (Lipinski definition) is 3. The number of benzene rings is 2. The van der Waals surface area contributed by atoms with Crippen molar-refractivity contribution >= 4 is 39.0 Å². The fourth-order valence-corrected chi connectivity index (χ4v) is 4.49. The van der Waals surface area contributed by atoms with Crippen molar-refractivity contribution in [1.82, 2.24) is 25.3 Å². The van der Waals surface area contributed by atoms with Gasteiger partial charge in [-0.05, 0) is 32.0 Å². The van der Waals surface area contributed by atoms with Gasteiger partial charge in [-0.25, -0.2) is 4.39 Å². The second-order valence-electron chi connectivity index (χ2n) is 8.34. The van der Waals surface area contributed by atoms with Crippen LogP contribution in [0.2, 0.25) is 0 Å². The molecule has 0 spiro atoms. The molecule has 0 unspecified atom stereocenters. The molecule has 162 valence electrons. The van der Waals surface area contributed by atoms with Crippen LogP contribution in [0.3, 0.4) is 0 Å². The van der Waals surface area contributed by atoms with E-state index in [1.807, 2.05) is 31.4 Å². The van der Waals surface area contributed by atoms with Crippen molar-refractivity contribution in [2.45, 2.75) is 25.9 Å². The number of H-pyrrole nitrogens is 1. The standard InChI is InChI=1S/C22H26FN7O/c1-12-9-30(10-13(2)24-12)16-7-17(23)20-18(8-16)26-27-22(20)25-15-5-14-11-29(3)28-21(14)19(6-15)31-4/h5-8,11-13,24H,9-10H2,1-4H3,(H2,25,26,27)/t12-,13+. The van der Waals surface area contributed by atoms with E-state index in [0.29, 0.717) is 34.6 Å². The molecule has 8 nitrogen and oxygen atoms in total. The number of aryl methyl sites for hydroxylation is 1. The van der Waals surface area contributed by atoms with Gasteiger partial charge in [-0.3, -0.25) is 9.78 Å². The minimum absolute atomic E-state index is 0.308. The maximum atomic E-state index is 15.2. The molecule has 0 aliphatic carbocycles. The van der Waals surface area contributed by atoms with Gasteiger partial charge in [0.15, 0.2) is 5.82 Å². The van der Waals surface area contributed by atoms with Crippen molar-refractivity contribution in [2.75, 3.05) is 30.4 Å². The number of aromatic nitrogens is 4. The quantitative estimate of drug-likeness (QED) is 0.466. The van der Waals surface area contributed by atoms with Crippen LogP contribution in [0.1, 0.15) is 13.8 Å². The number of hydrogen-bond acceptors (Lipinski definition) is 6. The summed E-state index contributed by atoms with van der Waals surface area (Å²) in [7, 11) is 3.47. The van der Waals surface area contributed by atoms with Crippen LogP contribution < -0.4 is 20.3 Å². The highest BCUT2D eigenvalue weighted by molar-refractivity contribution is 5.95. The van der Waals surface area contributed by atoms with E-state index in [4.69, 9.17) is 4.74 Å². The van der Waals surface area contributed by atoms with Gasteiger partial charge in [0, 0.05) is 61.2 Å². The van der Waals surface area contributed by atoms with E-state index in [9.17, 15) is 0 Å². The summed E-state index contributed by atoms with van der Waals surface area (Å²) in [6.45, 7) is 5.95. The number of rotatable bonds is 4. The highest BCUT2D eigenvalue weighted by Crippen LogP contribution is 2.34. The van der Waals surface area contributed by atoms with Crippen LogP contribution in [-0.2, 0) is 7.05 Å². The summed E-state index contributed by atoms with van der Waals surface area (Å²) in [5.74, 6) is 0.772. The molecule has 3 heterocycles. The third kappa shape index (κ3) is 3.54. The van der Waals surface area contributed by atoms with Crippen molar-refractivity contribution in [2.24, 2.45) is 7.05 Å². The van der Waals surface area contributed by atoms with Gasteiger partial charge in [0.1, 0.15) is 17.1 Å². The van der Waals surface area contributed by atoms with Crippen LogP contribution in [-0.4, -0.2) is 52.3 Å². The summed E-state index contributed by atoms with van der Waals surface area (Å²) in [5.41, 5.74) is 3.04. The van der Waals surface area contributed by atoms with E-state index in [1.54, 1.807) is 17.9 Å². The fraction of sp³-hybridized carbons (Fsp3) is 0.364. The predicted octanol–water partition coefficient (Wildman–Crippen LogP) is 3.53. The van der Waals surface area contributed by atoms with Crippen LogP contribution in [0.25, 0.3) is 21.8 Å². The van der Waals surface area contributed by atoms with Crippen LogP contribution in [0.5, 0.6) is 5.75 Å². The van der Waals surface area contributed by atoms with Gasteiger partial charge >= 0.3 is 0 Å². The van der Waals surface area contributed by atoms with E-state index in [1.165, 1.54) is 0 Å². The number of ether oxygens (including phenoxy) is 1. The van der Waals surface area contributed by atoms with Crippen molar-refractivity contribution in [3.05, 3.63) is 36.3 Å². The number of anilines is 3. The van der Waals surface area contributed by atoms with E-state index < -0.39 is 0 Å². The molecule has 3 N–H and O–H groups in total. The molecular formula is C22H26FN7O. The van der Waals surface area contributed by atoms with Gasteiger partial charge in [0.2, 0.25) is 0 Å². The minimum atomic E-state index is -0.308. The van der Waals surface area contributed by atoms with Gasteiger partial charge in [-0.15, -0.1) is 0 Å². The number of methoxy groups -OCH3 is 1. The molecule has 0 bridgehead atoms. The van der Waals surface area contributed by atoms with Crippen LogP contribution in [0, 0.1) is 5.82 Å². The third-order valence-corrected chi connectivity index (χ3v) is 5.69. The monoisotopic (exact) mass is 423 g/mol. The van der Waals surface area contributed by atoms with Gasteiger partial charge in [-0.2, -0.15) is 10.2 Å². The molecule has 0 amide bonds. The van der Waals surface area contributed by atoms with Gasteiger partial charge in [0.25, 0.3) is 0 Å².